The molecule has 2 N–H and O–H groups in total. The number of thioether (sulfide) groups is 1. The summed E-state index contributed by atoms with van der Waals surface area (Å²) in [6, 6.07) is 0.475. The lowest BCUT2D eigenvalue weighted by Crippen LogP contribution is -2.35. The second-order valence-corrected chi connectivity index (χ2v) is 5.53. The van der Waals surface area contributed by atoms with Crippen LogP contribution in [-0.2, 0) is 0 Å². The molecule has 1 aliphatic rings. The second kappa shape index (κ2) is 6.70. The summed E-state index contributed by atoms with van der Waals surface area (Å²) in [6.07, 6.45) is 7.37. The SMILES string of the molecule is CSCCN(C)CC1CCCC(N)C1. The van der Waals surface area contributed by atoms with Crippen LogP contribution in [0.25, 0.3) is 0 Å². The maximum Gasteiger partial charge on any atom is 0.00693 e. The number of nitrogens with zero attached hydrogens (tertiary/aromatic N) is 1. The van der Waals surface area contributed by atoms with Crippen LogP contribution in [0.15, 0.2) is 0 Å². The minimum atomic E-state index is 0.475. The van der Waals surface area contributed by atoms with Crippen LogP contribution in [0.4, 0.5) is 0 Å². The zero-order chi connectivity index (χ0) is 10.4. The third-order valence-electron chi connectivity index (χ3n) is 3.07. The van der Waals surface area contributed by atoms with Crippen LogP contribution in [0.2, 0.25) is 0 Å². The van der Waals surface area contributed by atoms with Crippen LogP contribution >= 0.6 is 11.8 Å². The van der Waals surface area contributed by atoms with Crippen LogP contribution in [0.1, 0.15) is 25.7 Å². The van der Waals surface area contributed by atoms with Crippen molar-refractivity contribution in [2.45, 2.75) is 31.7 Å². The normalized spacial score (nSPS) is 28.3. The van der Waals surface area contributed by atoms with Crippen molar-refractivity contribution in [2.75, 3.05) is 32.1 Å². The van der Waals surface area contributed by atoms with Gasteiger partial charge in [0.15, 0.2) is 0 Å². The fraction of sp³-hybridized carbons (Fsp3) is 1.00. The van der Waals surface area contributed by atoms with Crippen LogP contribution in [0.5, 0.6) is 0 Å². The Morgan fingerprint density at radius 3 is 2.86 bits per heavy atom. The van der Waals surface area contributed by atoms with Gasteiger partial charge in [0, 0.05) is 24.9 Å². The zero-order valence-electron chi connectivity index (χ0n) is 9.54. The van der Waals surface area contributed by atoms with Gasteiger partial charge in [-0.3, -0.25) is 0 Å². The molecular weight excluding hydrogens is 192 g/mol. The molecule has 0 aromatic carbocycles. The van der Waals surface area contributed by atoms with Gasteiger partial charge >= 0.3 is 0 Å². The van der Waals surface area contributed by atoms with E-state index in [-0.39, 0.29) is 0 Å². The van der Waals surface area contributed by atoms with E-state index >= 15 is 0 Å². The van der Waals surface area contributed by atoms with Crippen molar-refractivity contribution in [3.8, 4) is 0 Å². The number of hydrogen-bond donors (Lipinski definition) is 1. The molecule has 2 unspecified atom stereocenters. The first-order chi connectivity index (χ1) is 6.72. The summed E-state index contributed by atoms with van der Waals surface area (Å²) in [4.78, 5) is 2.46. The van der Waals surface area contributed by atoms with E-state index in [1.54, 1.807) is 0 Å². The standard InChI is InChI=1S/C11H24N2S/c1-13(6-7-14-2)9-10-4-3-5-11(12)8-10/h10-11H,3-9,12H2,1-2H3. The largest absolute Gasteiger partial charge is 0.328 e. The first-order valence-corrected chi connectivity index (χ1v) is 7.05. The molecule has 1 saturated carbocycles. The van der Waals surface area contributed by atoms with E-state index in [2.05, 4.69) is 18.2 Å². The highest BCUT2D eigenvalue weighted by atomic mass is 32.2. The summed E-state index contributed by atoms with van der Waals surface area (Å²) < 4.78 is 0. The van der Waals surface area contributed by atoms with Gasteiger partial charge in [0.1, 0.15) is 0 Å². The summed E-state index contributed by atoms with van der Waals surface area (Å²) in [5.41, 5.74) is 5.98. The summed E-state index contributed by atoms with van der Waals surface area (Å²) >= 11 is 1.93. The molecule has 0 amide bonds. The lowest BCUT2D eigenvalue weighted by Gasteiger charge is -2.30. The molecule has 2 nitrogen and oxygen atoms in total. The Labute approximate surface area is 92.6 Å². The zero-order valence-corrected chi connectivity index (χ0v) is 10.4. The molecule has 0 aliphatic heterocycles. The molecule has 1 fully saturated rings. The molecular formula is C11H24N2S. The van der Waals surface area contributed by atoms with E-state index in [1.807, 2.05) is 11.8 Å². The summed E-state index contributed by atoms with van der Waals surface area (Å²) in [5, 5.41) is 0. The molecule has 0 bridgehead atoms. The van der Waals surface area contributed by atoms with Crippen LogP contribution in [0, 0.1) is 5.92 Å². The van der Waals surface area contributed by atoms with Gasteiger partial charge in [0.05, 0.1) is 0 Å². The van der Waals surface area contributed by atoms with Crippen molar-refractivity contribution in [2.24, 2.45) is 11.7 Å². The highest BCUT2D eigenvalue weighted by Gasteiger charge is 2.19. The average molecular weight is 216 g/mol. The maximum atomic E-state index is 5.98. The van der Waals surface area contributed by atoms with Crippen molar-refractivity contribution in [3.05, 3.63) is 0 Å². The molecule has 0 aromatic heterocycles. The van der Waals surface area contributed by atoms with Crippen molar-refractivity contribution in [1.82, 2.24) is 4.90 Å². The van der Waals surface area contributed by atoms with Crippen LogP contribution in [-0.4, -0.2) is 43.1 Å². The Hall–Kier alpha value is 0.270. The third kappa shape index (κ3) is 4.67. The molecule has 0 aromatic rings. The van der Waals surface area contributed by atoms with Crippen LogP contribution < -0.4 is 5.73 Å². The predicted octanol–water partition coefficient (Wildman–Crippen LogP) is 1.80. The number of rotatable bonds is 5. The fourth-order valence-corrected chi connectivity index (χ4v) is 2.77. The average Bonchev–Trinajstić information content (AvgIpc) is 2.15. The second-order valence-electron chi connectivity index (χ2n) is 4.55. The van der Waals surface area contributed by atoms with E-state index in [0.717, 1.165) is 5.92 Å². The van der Waals surface area contributed by atoms with E-state index in [1.165, 1.54) is 44.5 Å². The highest BCUT2D eigenvalue weighted by Crippen LogP contribution is 2.23. The van der Waals surface area contributed by atoms with Gasteiger partial charge in [-0.15, -0.1) is 0 Å². The lowest BCUT2D eigenvalue weighted by atomic mass is 9.86. The number of nitrogens with two attached hydrogens (primary N) is 1. The van der Waals surface area contributed by atoms with Gasteiger partial charge in [-0.2, -0.15) is 11.8 Å². The van der Waals surface area contributed by atoms with E-state index in [4.69, 9.17) is 5.73 Å². The molecule has 84 valence electrons. The summed E-state index contributed by atoms with van der Waals surface area (Å²) in [7, 11) is 2.23. The molecule has 3 heteroatoms. The molecule has 1 rings (SSSR count). The van der Waals surface area contributed by atoms with Crippen molar-refractivity contribution < 1.29 is 0 Å². The predicted molar refractivity (Wildman–Crippen MR) is 65.8 cm³/mol. The Balaban J connectivity index is 2.15. The minimum absolute atomic E-state index is 0.475. The Morgan fingerprint density at radius 1 is 1.43 bits per heavy atom. The summed E-state index contributed by atoms with van der Waals surface area (Å²) in [6.45, 7) is 2.46. The Kier molecular flexibility index (Phi) is 5.90. The molecule has 0 spiro atoms. The molecule has 2 atom stereocenters. The molecule has 0 saturated heterocycles. The maximum absolute atomic E-state index is 5.98. The van der Waals surface area contributed by atoms with Gasteiger partial charge < -0.3 is 10.6 Å². The van der Waals surface area contributed by atoms with Crippen molar-refractivity contribution in [3.63, 3.8) is 0 Å². The minimum Gasteiger partial charge on any atom is -0.328 e. The molecule has 1 aliphatic carbocycles. The van der Waals surface area contributed by atoms with Crippen molar-refractivity contribution in [1.29, 1.82) is 0 Å². The Bertz CT molecular complexity index is 152. The first kappa shape index (κ1) is 12.3. The number of hydrogen-bond acceptors (Lipinski definition) is 3. The van der Waals surface area contributed by atoms with Gasteiger partial charge in [0.25, 0.3) is 0 Å². The van der Waals surface area contributed by atoms with Crippen molar-refractivity contribution >= 4 is 11.8 Å². The lowest BCUT2D eigenvalue weighted by molar-refractivity contribution is 0.229. The van der Waals surface area contributed by atoms with Gasteiger partial charge in [-0.25, -0.2) is 0 Å². The molecule has 14 heavy (non-hydrogen) atoms. The monoisotopic (exact) mass is 216 g/mol. The van der Waals surface area contributed by atoms with Gasteiger partial charge in [0.2, 0.25) is 0 Å². The third-order valence-corrected chi connectivity index (χ3v) is 3.66. The molecule has 0 radical (unpaired) electrons. The van der Waals surface area contributed by atoms with Crippen LogP contribution in [0.3, 0.4) is 0 Å². The van der Waals surface area contributed by atoms with E-state index < -0.39 is 0 Å². The topological polar surface area (TPSA) is 29.3 Å². The molecule has 0 heterocycles. The fourth-order valence-electron chi connectivity index (χ4n) is 2.28. The van der Waals surface area contributed by atoms with E-state index in [9.17, 15) is 0 Å². The van der Waals surface area contributed by atoms with Gasteiger partial charge in [-0.1, -0.05) is 6.42 Å². The quantitative estimate of drug-likeness (QED) is 0.760. The first-order valence-electron chi connectivity index (χ1n) is 5.65. The highest BCUT2D eigenvalue weighted by molar-refractivity contribution is 7.98. The Morgan fingerprint density at radius 2 is 2.21 bits per heavy atom. The van der Waals surface area contributed by atoms with E-state index in [0.29, 0.717) is 6.04 Å². The van der Waals surface area contributed by atoms with Gasteiger partial charge in [-0.05, 0) is 38.5 Å². The smallest absolute Gasteiger partial charge is 0.00693 e. The summed E-state index contributed by atoms with van der Waals surface area (Å²) in [5.74, 6) is 2.10.